The minimum absolute atomic E-state index is 0.00384. The topological polar surface area (TPSA) is 94.7 Å². The van der Waals surface area contributed by atoms with Gasteiger partial charge in [0, 0.05) is 18.8 Å². The molecule has 0 aliphatic carbocycles. The molecule has 0 fully saturated rings. The van der Waals surface area contributed by atoms with Gasteiger partial charge in [-0.15, -0.1) is 0 Å². The number of unbranched alkanes of at least 4 members (excludes halogenated alkanes) is 1. The molecule has 1 atom stereocenters. The molecule has 0 spiro atoms. The number of rotatable bonds is 7. The summed E-state index contributed by atoms with van der Waals surface area (Å²) in [5.74, 6) is -0.121. The molecule has 7 nitrogen and oxygen atoms in total. The SMILES string of the molecule is CC.CCCCOC(=O)N(C)c1ncccc1COC(=O)C(C)N. The van der Waals surface area contributed by atoms with Crippen LogP contribution in [0.1, 0.15) is 46.1 Å². The van der Waals surface area contributed by atoms with E-state index in [1.54, 1.807) is 32.3 Å². The Kier molecular flexibility index (Phi) is 11.2. The molecular formula is C17H29N3O4. The number of pyridine rings is 1. The predicted octanol–water partition coefficient (Wildman–Crippen LogP) is 2.87. The van der Waals surface area contributed by atoms with Crippen molar-refractivity contribution in [2.24, 2.45) is 5.73 Å². The molecule has 1 aromatic heterocycles. The summed E-state index contributed by atoms with van der Waals surface area (Å²) in [7, 11) is 1.56. The Bertz CT molecular complexity index is 506. The van der Waals surface area contributed by atoms with E-state index in [1.165, 1.54) is 4.90 Å². The highest BCUT2D eigenvalue weighted by molar-refractivity contribution is 5.86. The van der Waals surface area contributed by atoms with Crippen molar-refractivity contribution in [1.29, 1.82) is 0 Å². The van der Waals surface area contributed by atoms with Gasteiger partial charge < -0.3 is 15.2 Å². The molecule has 1 amide bonds. The van der Waals surface area contributed by atoms with Crippen molar-refractivity contribution in [3.8, 4) is 0 Å². The number of nitrogens with zero attached hydrogens (tertiary/aromatic N) is 2. The van der Waals surface area contributed by atoms with Crippen LogP contribution in [0, 0.1) is 0 Å². The van der Waals surface area contributed by atoms with E-state index < -0.39 is 18.1 Å². The van der Waals surface area contributed by atoms with E-state index in [-0.39, 0.29) is 6.61 Å². The van der Waals surface area contributed by atoms with Crippen LogP contribution in [-0.2, 0) is 20.9 Å². The molecule has 1 rings (SSSR count). The summed E-state index contributed by atoms with van der Waals surface area (Å²) in [5, 5.41) is 0. The zero-order valence-corrected chi connectivity index (χ0v) is 15.2. The first-order valence-corrected chi connectivity index (χ1v) is 8.24. The minimum Gasteiger partial charge on any atom is -0.460 e. The summed E-state index contributed by atoms with van der Waals surface area (Å²) in [5.41, 5.74) is 6.04. The van der Waals surface area contributed by atoms with Gasteiger partial charge in [-0.25, -0.2) is 9.78 Å². The fourth-order valence-electron chi connectivity index (χ4n) is 1.61. The van der Waals surface area contributed by atoms with Crippen LogP contribution in [0.3, 0.4) is 0 Å². The summed E-state index contributed by atoms with van der Waals surface area (Å²) in [6.07, 6.45) is 2.81. The van der Waals surface area contributed by atoms with Crippen LogP contribution in [0.5, 0.6) is 0 Å². The molecule has 0 bridgehead atoms. The summed E-state index contributed by atoms with van der Waals surface area (Å²) in [6, 6.07) is 2.73. The van der Waals surface area contributed by atoms with E-state index in [0.29, 0.717) is 18.0 Å². The maximum absolute atomic E-state index is 12.0. The second kappa shape index (κ2) is 12.3. The number of carbonyl (C=O) groups is 2. The quantitative estimate of drug-likeness (QED) is 0.606. The number of nitrogens with two attached hydrogens (primary N) is 1. The summed E-state index contributed by atoms with van der Waals surface area (Å²) in [6.45, 7) is 7.92. The Balaban J connectivity index is 0.00000254. The van der Waals surface area contributed by atoms with Crippen LogP contribution in [0.25, 0.3) is 0 Å². The second-order valence-corrected chi connectivity index (χ2v) is 4.91. The van der Waals surface area contributed by atoms with Crippen molar-refractivity contribution in [3.05, 3.63) is 23.9 Å². The summed E-state index contributed by atoms with van der Waals surface area (Å²) in [4.78, 5) is 28.8. The number of amides is 1. The summed E-state index contributed by atoms with van der Waals surface area (Å²) >= 11 is 0. The van der Waals surface area contributed by atoms with Gasteiger partial charge in [-0.3, -0.25) is 9.69 Å². The average molecular weight is 339 g/mol. The Hall–Kier alpha value is -2.15. The second-order valence-electron chi connectivity index (χ2n) is 4.91. The molecule has 2 N–H and O–H groups in total. The van der Waals surface area contributed by atoms with Crippen molar-refractivity contribution in [2.45, 2.75) is 53.2 Å². The normalized spacial score (nSPS) is 10.9. The van der Waals surface area contributed by atoms with Gasteiger partial charge in [0.25, 0.3) is 0 Å². The lowest BCUT2D eigenvalue weighted by molar-refractivity contribution is -0.146. The first-order valence-electron chi connectivity index (χ1n) is 8.24. The molecule has 7 heteroatoms. The van der Waals surface area contributed by atoms with Gasteiger partial charge >= 0.3 is 12.1 Å². The average Bonchev–Trinajstić information content (AvgIpc) is 2.61. The largest absolute Gasteiger partial charge is 0.460 e. The first kappa shape index (κ1) is 21.9. The number of ether oxygens (including phenoxy) is 2. The summed E-state index contributed by atoms with van der Waals surface area (Å²) < 4.78 is 10.2. The number of hydrogen-bond acceptors (Lipinski definition) is 6. The van der Waals surface area contributed by atoms with E-state index in [1.807, 2.05) is 20.8 Å². The fourth-order valence-corrected chi connectivity index (χ4v) is 1.61. The molecule has 1 aromatic rings. The third-order valence-electron chi connectivity index (χ3n) is 2.92. The Morgan fingerprint density at radius 1 is 1.33 bits per heavy atom. The van der Waals surface area contributed by atoms with E-state index in [4.69, 9.17) is 15.2 Å². The van der Waals surface area contributed by atoms with Crippen LogP contribution in [-0.4, -0.2) is 36.7 Å². The highest BCUT2D eigenvalue weighted by atomic mass is 16.6. The smallest absolute Gasteiger partial charge is 0.415 e. The minimum atomic E-state index is -0.697. The van der Waals surface area contributed by atoms with Gasteiger partial charge in [-0.1, -0.05) is 33.3 Å². The van der Waals surface area contributed by atoms with Crippen molar-refractivity contribution < 1.29 is 19.1 Å². The van der Waals surface area contributed by atoms with Gasteiger partial charge in [0.1, 0.15) is 18.5 Å². The first-order chi connectivity index (χ1) is 11.5. The lowest BCUT2D eigenvalue weighted by atomic mass is 10.2. The molecule has 24 heavy (non-hydrogen) atoms. The van der Waals surface area contributed by atoms with Crippen LogP contribution in [0.2, 0.25) is 0 Å². The highest BCUT2D eigenvalue weighted by Crippen LogP contribution is 2.18. The van der Waals surface area contributed by atoms with Crippen LogP contribution >= 0.6 is 0 Å². The van der Waals surface area contributed by atoms with E-state index in [9.17, 15) is 9.59 Å². The lowest BCUT2D eigenvalue weighted by Crippen LogP contribution is -2.30. The Morgan fingerprint density at radius 3 is 2.58 bits per heavy atom. The highest BCUT2D eigenvalue weighted by Gasteiger charge is 2.18. The van der Waals surface area contributed by atoms with Crippen LogP contribution < -0.4 is 10.6 Å². The monoisotopic (exact) mass is 339 g/mol. The number of hydrogen-bond donors (Lipinski definition) is 1. The lowest BCUT2D eigenvalue weighted by Gasteiger charge is -2.19. The van der Waals surface area contributed by atoms with Crippen LogP contribution in [0.4, 0.5) is 10.6 Å². The number of anilines is 1. The number of carbonyl (C=O) groups excluding carboxylic acids is 2. The third-order valence-corrected chi connectivity index (χ3v) is 2.92. The van der Waals surface area contributed by atoms with E-state index in [0.717, 1.165) is 12.8 Å². The zero-order chi connectivity index (χ0) is 18.5. The number of esters is 1. The molecule has 1 heterocycles. The Labute approximate surface area is 144 Å². The molecule has 0 aromatic carbocycles. The van der Waals surface area contributed by atoms with Crippen molar-refractivity contribution >= 4 is 17.9 Å². The molecule has 136 valence electrons. The van der Waals surface area contributed by atoms with Crippen molar-refractivity contribution in [2.75, 3.05) is 18.6 Å². The molecular weight excluding hydrogens is 310 g/mol. The molecule has 0 radical (unpaired) electrons. The predicted molar refractivity (Wildman–Crippen MR) is 93.7 cm³/mol. The van der Waals surface area contributed by atoms with Gasteiger partial charge in [0.15, 0.2) is 0 Å². The fraction of sp³-hybridized carbons (Fsp3) is 0.588. The molecule has 0 saturated heterocycles. The third kappa shape index (κ3) is 7.41. The zero-order valence-electron chi connectivity index (χ0n) is 15.2. The Morgan fingerprint density at radius 2 is 2.00 bits per heavy atom. The van der Waals surface area contributed by atoms with E-state index in [2.05, 4.69) is 4.98 Å². The maximum Gasteiger partial charge on any atom is 0.415 e. The number of aromatic nitrogens is 1. The van der Waals surface area contributed by atoms with Crippen molar-refractivity contribution in [1.82, 2.24) is 4.98 Å². The molecule has 1 unspecified atom stereocenters. The maximum atomic E-state index is 12.0. The van der Waals surface area contributed by atoms with Gasteiger partial charge in [0.2, 0.25) is 0 Å². The molecule has 0 aliphatic heterocycles. The standard InChI is InChI=1S/C15H23N3O4.C2H6/c1-4-5-9-21-15(20)18(3)13-12(7-6-8-17-13)10-22-14(19)11(2)16;1-2/h6-8,11H,4-5,9-10,16H2,1-3H3;1-2H3. The van der Waals surface area contributed by atoms with Gasteiger partial charge in [-0.05, 0) is 19.4 Å². The molecule has 0 saturated carbocycles. The van der Waals surface area contributed by atoms with E-state index >= 15 is 0 Å². The van der Waals surface area contributed by atoms with Gasteiger partial charge in [0.05, 0.1) is 6.61 Å². The van der Waals surface area contributed by atoms with Crippen molar-refractivity contribution in [3.63, 3.8) is 0 Å². The molecule has 0 aliphatic rings. The van der Waals surface area contributed by atoms with Gasteiger partial charge in [-0.2, -0.15) is 0 Å². The van der Waals surface area contributed by atoms with Crippen LogP contribution in [0.15, 0.2) is 18.3 Å².